The molecular weight excluding hydrogens is 168 g/mol. The fourth-order valence-corrected chi connectivity index (χ4v) is 4.79. The minimum absolute atomic E-state index is 1.13. The van der Waals surface area contributed by atoms with Crippen molar-refractivity contribution in [3.05, 3.63) is 30.2 Å². The van der Waals surface area contributed by atoms with Crippen LogP contribution >= 0.6 is 11.3 Å². The Kier molecular flexibility index (Phi) is 2.68. The summed E-state index contributed by atoms with van der Waals surface area (Å²) in [7, 11) is -1.13. The first-order valence-corrected chi connectivity index (χ1v) is 7.90. The molecule has 60 valence electrons. The van der Waals surface area contributed by atoms with Crippen LogP contribution in [-0.4, -0.2) is 8.07 Å². The Balaban J connectivity index is 2.81. The molecule has 1 aromatic rings. The van der Waals surface area contributed by atoms with Gasteiger partial charge in [0.2, 0.25) is 0 Å². The highest BCUT2D eigenvalue weighted by atomic mass is 32.1. The topological polar surface area (TPSA) is 0 Å². The summed E-state index contributed by atoms with van der Waals surface area (Å²) >= 11 is 1.88. The van der Waals surface area contributed by atoms with E-state index >= 15 is 0 Å². The molecule has 0 radical (unpaired) electrons. The zero-order chi connectivity index (χ0) is 8.32. The van der Waals surface area contributed by atoms with E-state index in [1.165, 1.54) is 6.04 Å². The van der Waals surface area contributed by atoms with Gasteiger partial charge in [0.05, 0.1) is 8.07 Å². The molecule has 0 amide bonds. The summed E-state index contributed by atoms with van der Waals surface area (Å²) in [5, 5.41) is 2.16. The fourth-order valence-electron chi connectivity index (χ4n) is 1.13. The van der Waals surface area contributed by atoms with Crippen LogP contribution in [0.2, 0.25) is 19.1 Å². The van der Waals surface area contributed by atoms with Gasteiger partial charge in [-0.25, -0.2) is 0 Å². The van der Waals surface area contributed by atoms with Crippen molar-refractivity contribution >= 4 is 23.9 Å². The molecule has 0 aliphatic heterocycles. The van der Waals surface area contributed by atoms with Crippen molar-refractivity contribution in [2.75, 3.05) is 0 Å². The lowest BCUT2D eigenvalue weighted by molar-refractivity contribution is 1.57. The molecule has 0 fully saturated rings. The number of thiophene rings is 1. The Labute approximate surface area is 73.6 Å². The highest BCUT2D eigenvalue weighted by Crippen LogP contribution is 2.12. The van der Waals surface area contributed by atoms with Crippen molar-refractivity contribution in [1.82, 2.24) is 0 Å². The predicted molar refractivity (Wildman–Crippen MR) is 56.4 cm³/mol. The van der Waals surface area contributed by atoms with Gasteiger partial charge in [-0.2, -0.15) is 11.3 Å². The summed E-state index contributed by atoms with van der Waals surface area (Å²) in [6, 6.07) is 5.58. The zero-order valence-electron chi connectivity index (χ0n) is 7.13. The molecule has 0 aromatic carbocycles. The van der Waals surface area contributed by atoms with Crippen molar-refractivity contribution in [3.8, 4) is 0 Å². The summed E-state index contributed by atoms with van der Waals surface area (Å²) in [6.45, 7) is 8.57. The molecule has 0 saturated heterocycles. The van der Waals surface area contributed by atoms with Gasteiger partial charge in [0.15, 0.2) is 0 Å². The summed E-state index contributed by atoms with van der Waals surface area (Å²) in [4.78, 5) is 0. The van der Waals surface area contributed by atoms with Gasteiger partial charge in [0, 0.05) is 0 Å². The van der Waals surface area contributed by atoms with E-state index in [-0.39, 0.29) is 0 Å². The summed E-state index contributed by atoms with van der Waals surface area (Å²) in [5.41, 5.74) is 0. The van der Waals surface area contributed by atoms with Crippen LogP contribution in [0.1, 0.15) is 0 Å². The number of hydrogen-bond donors (Lipinski definition) is 0. The molecule has 0 N–H and O–H groups in total. The van der Waals surface area contributed by atoms with Crippen LogP contribution < -0.4 is 4.50 Å². The molecule has 0 bridgehead atoms. The second kappa shape index (κ2) is 3.37. The molecule has 1 aromatic heterocycles. The average Bonchev–Trinajstić information content (AvgIpc) is 2.37. The average molecular weight is 182 g/mol. The van der Waals surface area contributed by atoms with Crippen LogP contribution in [0.4, 0.5) is 0 Å². The van der Waals surface area contributed by atoms with Crippen molar-refractivity contribution < 1.29 is 0 Å². The second-order valence-electron chi connectivity index (χ2n) is 3.35. The van der Waals surface area contributed by atoms with Crippen molar-refractivity contribution in [1.29, 1.82) is 0 Å². The van der Waals surface area contributed by atoms with Gasteiger partial charge in [-0.15, -0.1) is 6.58 Å². The second-order valence-corrected chi connectivity index (χ2v) is 9.38. The number of rotatable bonds is 3. The van der Waals surface area contributed by atoms with Crippen LogP contribution in [-0.2, 0) is 0 Å². The summed E-state index contributed by atoms with van der Waals surface area (Å²) in [5.74, 6) is 0. The van der Waals surface area contributed by atoms with Crippen LogP contribution in [0, 0.1) is 0 Å². The molecular formula is C9H14SSi. The monoisotopic (exact) mass is 182 g/mol. The Morgan fingerprint density at radius 3 is 2.82 bits per heavy atom. The maximum Gasteiger partial charge on any atom is 0.0971 e. The third-order valence-corrected chi connectivity index (χ3v) is 7.35. The van der Waals surface area contributed by atoms with Gasteiger partial charge >= 0.3 is 0 Å². The molecule has 0 atom stereocenters. The highest BCUT2D eigenvalue weighted by Gasteiger charge is 2.21. The third-order valence-electron chi connectivity index (χ3n) is 1.84. The number of allylic oxidation sites excluding steroid dienone is 1. The van der Waals surface area contributed by atoms with E-state index in [0.717, 1.165) is 0 Å². The molecule has 1 rings (SSSR count). The van der Waals surface area contributed by atoms with E-state index in [1.54, 1.807) is 4.50 Å². The Hall–Kier alpha value is -0.343. The van der Waals surface area contributed by atoms with E-state index in [9.17, 15) is 0 Å². The van der Waals surface area contributed by atoms with Crippen LogP contribution in [0.3, 0.4) is 0 Å². The first-order valence-electron chi connectivity index (χ1n) is 3.82. The Morgan fingerprint density at radius 2 is 2.36 bits per heavy atom. The molecule has 0 aliphatic carbocycles. The lowest BCUT2D eigenvalue weighted by Gasteiger charge is -2.17. The van der Waals surface area contributed by atoms with E-state index < -0.39 is 8.07 Å². The molecule has 11 heavy (non-hydrogen) atoms. The van der Waals surface area contributed by atoms with Gasteiger partial charge in [0.1, 0.15) is 0 Å². The molecule has 1 heterocycles. The quantitative estimate of drug-likeness (QED) is 0.498. The largest absolute Gasteiger partial charge is 0.154 e. The Morgan fingerprint density at radius 1 is 1.64 bits per heavy atom. The zero-order valence-corrected chi connectivity index (χ0v) is 8.95. The van der Waals surface area contributed by atoms with Gasteiger partial charge in [-0.1, -0.05) is 31.3 Å². The third kappa shape index (κ3) is 2.04. The lowest BCUT2D eigenvalue weighted by atomic mass is 10.7. The molecule has 0 aliphatic rings. The molecule has 2 heteroatoms. The molecule has 0 nitrogen and oxygen atoms in total. The number of hydrogen-bond acceptors (Lipinski definition) is 1. The van der Waals surface area contributed by atoms with Gasteiger partial charge in [0.25, 0.3) is 0 Å². The van der Waals surface area contributed by atoms with Crippen LogP contribution in [0.15, 0.2) is 30.2 Å². The SMILES string of the molecule is C=CC[Si](C)(C)c1cccs1. The summed E-state index contributed by atoms with van der Waals surface area (Å²) in [6.07, 6.45) is 2.05. The molecule has 0 spiro atoms. The van der Waals surface area contributed by atoms with E-state index in [4.69, 9.17) is 0 Å². The maximum absolute atomic E-state index is 3.80. The van der Waals surface area contributed by atoms with Crippen molar-refractivity contribution in [2.24, 2.45) is 0 Å². The van der Waals surface area contributed by atoms with Gasteiger partial charge < -0.3 is 0 Å². The first-order chi connectivity index (χ1) is 5.17. The van der Waals surface area contributed by atoms with Crippen molar-refractivity contribution in [3.63, 3.8) is 0 Å². The van der Waals surface area contributed by atoms with Gasteiger partial charge in [-0.05, 0) is 15.9 Å². The smallest absolute Gasteiger partial charge is 0.0971 e. The highest BCUT2D eigenvalue weighted by molar-refractivity contribution is 7.25. The van der Waals surface area contributed by atoms with Crippen LogP contribution in [0.25, 0.3) is 0 Å². The molecule has 0 saturated carbocycles. The minimum Gasteiger partial charge on any atom is -0.154 e. The fraction of sp³-hybridized carbons (Fsp3) is 0.333. The predicted octanol–water partition coefficient (Wildman–Crippen LogP) is 2.85. The normalized spacial score (nSPS) is 11.5. The lowest BCUT2D eigenvalue weighted by Crippen LogP contribution is -2.38. The van der Waals surface area contributed by atoms with Crippen molar-refractivity contribution in [2.45, 2.75) is 19.1 Å². The minimum atomic E-state index is -1.13. The van der Waals surface area contributed by atoms with E-state index in [0.29, 0.717) is 0 Å². The van der Waals surface area contributed by atoms with E-state index in [2.05, 4.69) is 37.2 Å². The van der Waals surface area contributed by atoms with E-state index in [1.807, 2.05) is 17.4 Å². The van der Waals surface area contributed by atoms with Crippen LogP contribution in [0.5, 0.6) is 0 Å². The standard InChI is InChI=1S/C9H14SSi/c1-4-8-11(2,3)9-6-5-7-10-9/h4-7H,1,8H2,2-3H3. The van der Waals surface area contributed by atoms with Gasteiger partial charge in [-0.3, -0.25) is 0 Å². The molecule has 0 unspecified atom stereocenters. The Bertz CT molecular complexity index is 224. The maximum atomic E-state index is 3.80. The summed E-state index contributed by atoms with van der Waals surface area (Å²) < 4.78 is 1.58. The first kappa shape index (κ1) is 8.75.